The summed E-state index contributed by atoms with van der Waals surface area (Å²) in [6.07, 6.45) is 5.93. The third kappa shape index (κ3) is 2.22. The van der Waals surface area contributed by atoms with Crippen LogP contribution in [0.2, 0.25) is 0 Å². The molecule has 1 fully saturated rings. The smallest absolute Gasteiger partial charge is 0.176 e. The van der Waals surface area contributed by atoms with Gasteiger partial charge in [-0.05, 0) is 54.9 Å². The van der Waals surface area contributed by atoms with Crippen LogP contribution in [0.3, 0.4) is 0 Å². The van der Waals surface area contributed by atoms with Gasteiger partial charge in [0, 0.05) is 0 Å². The van der Waals surface area contributed by atoms with Crippen LogP contribution >= 0.6 is 0 Å². The molecule has 1 aliphatic rings. The van der Waals surface area contributed by atoms with Gasteiger partial charge < -0.3 is 5.32 Å². The highest BCUT2D eigenvalue weighted by Crippen LogP contribution is 2.36. The van der Waals surface area contributed by atoms with Crippen LogP contribution < -0.4 is 5.32 Å². The van der Waals surface area contributed by atoms with Gasteiger partial charge in [0.1, 0.15) is 0 Å². The predicted octanol–water partition coefficient (Wildman–Crippen LogP) is 2.35. The van der Waals surface area contributed by atoms with E-state index < -0.39 is 0 Å². The maximum atomic E-state index is 4.33. The third-order valence-electron chi connectivity index (χ3n) is 4.33. The van der Waals surface area contributed by atoms with Crippen molar-refractivity contribution in [2.24, 2.45) is 0 Å². The van der Waals surface area contributed by atoms with E-state index in [2.05, 4.69) is 46.0 Å². The Labute approximate surface area is 119 Å². The second-order valence-electron chi connectivity index (χ2n) is 5.65. The van der Waals surface area contributed by atoms with Crippen LogP contribution in [0.4, 0.5) is 0 Å². The molecule has 0 spiro atoms. The van der Waals surface area contributed by atoms with Crippen LogP contribution in [0.1, 0.15) is 43.5 Å². The van der Waals surface area contributed by atoms with Crippen LogP contribution in [0.5, 0.6) is 0 Å². The number of benzene rings is 1. The SMILES string of the molecule is CNC1(c2nnnn2-c2cccc(C)c2)CCCCC1. The summed E-state index contributed by atoms with van der Waals surface area (Å²) in [5.41, 5.74) is 2.15. The molecular formula is C15H21N5. The summed E-state index contributed by atoms with van der Waals surface area (Å²) in [5.74, 6) is 0.935. The number of aryl methyl sites for hydroxylation is 1. The summed E-state index contributed by atoms with van der Waals surface area (Å²) in [7, 11) is 2.01. The highest BCUT2D eigenvalue weighted by molar-refractivity contribution is 5.35. The first-order valence-electron chi connectivity index (χ1n) is 7.30. The van der Waals surface area contributed by atoms with Gasteiger partial charge in [-0.2, -0.15) is 4.68 Å². The summed E-state index contributed by atoms with van der Waals surface area (Å²) >= 11 is 0. The van der Waals surface area contributed by atoms with Crippen LogP contribution in [-0.2, 0) is 5.54 Å². The van der Waals surface area contributed by atoms with Crippen LogP contribution in [-0.4, -0.2) is 27.3 Å². The molecule has 0 amide bonds. The summed E-state index contributed by atoms with van der Waals surface area (Å²) in [6.45, 7) is 2.09. The number of tetrazole rings is 1. The minimum Gasteiger partial charge on any atom is -0.308 e. The fourth-order valence-electron chi connectivity index (χ4n) is 3.16. The quantitative estimate of drug-likeness (QED) is 0.931. The van der Waals surface area contributed by atoms with Crippen LogP contribution in [0, 0.1) is 6.92 Å². The average molecular weight is 271 g/mol. The van der Waals surface area contributed by atoms with Crippen molar-refractivity contribution in [3.8, 4) is 5.69 Å². The zero-order valence-electron chi connectivity index (χ0n) is 12.1. The molecule has 0 atom stereocenters. The molecule has 2 aromatic rings. The first-order chi connectivity index (χ1) is 9.75. The van der Waals surface area contributed by atoms with E-state index in [1.54, 1.807) is 0 Å². The molecule has 3 rings (SSSR count). The fourth-order valence-corrected chi connectivity index (χ4v) is 3.16. The standard InChI is InChI=1S/C15H21N5/c1-12-7-6-8-13(11-12)20-14(17-18-19-20)15(16-2)9-4-3-5-10-15/h6-8,11,16H,3-5,9-10H2,1-2H3. The monoisotopic (exact) mass is 271 g/mol. The largest absolute Gasteiger partial charge is 0.308 e. The maximum absolute atomic E-state index is 4.33. The van der Waals surface area contributed by atoms with E-state index in [9.17, 15) is 0 Å². The summed E-state index contributed by atoms with van der Waals surface area (Å²) in [5, 5.41) is 15.9. The molecule has 5 heteroatoms. The third-order valence-corrected chi connectivity index (χ3v) is 4.33. The lowest BCUT2D eigenvalue weighted by molar-refractivity contribution is 0.232. The molecule has 1 heterocycles. The fraction of sp³-hybridized carbons (Fsp3) is 0.533. The minimum atomic E-state index is -0.0918. The summed E-state index contributed by atoms with van der Waals surface area (Å²) in [6, 6.07) is 8.30. The van der Waals surface area contributed by atoms with Crippen molar-refractivity contribution in [3.63, 3.8) is 0 Å². The molecule has 1 aliphatic carbocycles. The van der Waals surface area contributed by atoms with Crippen molar-refractivity contribution >= 4 is 0 Å². The molecule has 0 bridgehead atoms. The second-order valence-corrected chi connectivity index (χ2v) is 5.65. The van der Waals surface area contributed by atoms with Gasteiger partial charge in [0.15, 0.2) is 5.82 Å². The number of hydrogen-bond acceptors (Lipinski definition) is 4. The molecule has 1 aromatic carbocycles. The maximum Gasteiger partial charge on any atom is 0.176 e. The van der Waals surface area contributed by atoms with Gasteiger partial charge in [0.2, 0.25) is 0 Å². The molecule has 0 radical (unpaired) electrons. The summed E-state index contributed by atoms with van der Waals surface area (Å²) < 4.78 is 1.88. The molecule has 0 aliphatic heterocycles. The van der Waals surface area contributed by atoms with Gasteiger partial charge in [-0.3, -0.25) is 0 Å². The van der Waals surface area contributed by atoms with Crippen molar-refractivity contribution in [1.29, 1.82) is 0 Å². The van der Waals surface area contributed by atoms with E-state index in [0.717, 1.165) is 24.4 Å². The van der Waals surface area contributed by atoms with Gasteiger partial charge in [-0.1, -0.05) is 31.4 Å². The van der Waals surface area contributed by atoms with Gasteiger partial charge in [-0.25, -0.2) is 0 Å². The van der Waals surface area contributed by atoms with Gasteiger partial charge >= 0.3 is 0 Å². The van der Waals surface area contributed by atoms with Gasteiger partial charge in [0.05, 0.1) is 11.2 Å². The van der Waals surface area contributed by atoms with E-state index in [0.29, 0.717) is 0 Å². The Hall–Kier alpha value is -1.75. The van der Waals surface area contributed by atoms with E-state index in [-0.39, 0.29) is 5.54 Å². The molecule has 1 aromatic heterocycles. The Kier molecular flexibility index (Phi) is 3.53. The highest BCUT2D eigenvalue weighted by Gasteiger charge is 2.37. The zero-order chi connectivity index (χ0) is 14.0. The Morgan fingerprint density at radius 3 is 2.70 bits per heavy atom. The lowest BCUT2D eigenvalue weighted by Gasteiger charge is -2.35. The Balaban J connectivity index is 2.05. The second kappa shape index (κ2) is 5.32. The van der Waals surface area contributed by atoms with E-state index in [4.69, 9.17) is 0 Å². The van der Waals surface area contributed by atoms with E-state index in [1.807, 2.05) is 17.8 Å². The Bertz CT molecular complexity index is 583. The average Bonchev–Trinajstić information content (AvgIpc) is 2.98. The van der Waals surface area contributed by atoms with Crippen LogP contribution in [0.25, 0.3) is 5.69 Å². The Morgan fingerprint density at radius 1 is 1.20 bits per heavy atom. The molecule has 0 saturated heterocycles. The van der Waals surface area contributed by atoms with Crippen molar-refractivity contribution in [3.05, 3.63) is 35.7 Å². The molecule has 0 unspecified atom stereocenters. The molecule has 1 saturated carbocycles. The molecule has 20 heavy (non-hydrogen) atoms. The lowest BCUT2D eigenvalue weighted by atomic mass is 9.81. The molecule has 1 N–H and O–H groups in total. The Morgan fingerprint density at radius 2 is 2.00 bits per heavy atom. The van der Waals surface area contributed by atoms with Crippen molar-refractivity contribution in [2.75, 3.05) is 7.05 Å². The molecule has 5 nitrogen and oxygen atoms in total. The van der Waals surface area contributed by atoms with Gasteiger partial charge in [0.25, 0.3) is 0 Å². The number of nitrogens with zero attached hydrogens (tertiary/aromatic N) is 4. The van der Waals surface area contributed by atoms with Crippen LogP contribution in [0.15, 0.2) is 24.3 Å². The first-order valence-corrected chi connectivity index (χ1v) is 7.30. The van der Waals surface area contributed by atoms with Gasteiger partial charge in [-0.15, -0.1) is 5.10 Å². The van der Waals surface area contributed by atoms with E-state index >= 15 is 0 Å². The number of rotatable bonds is 3. The molecular weight excluding hydrogens is 250 g/mol. The number of hydrogen-bond donors (Lipinski definition) is 1. The topological polar surface area (TPSA) is 55.6 Å². The predicted molar refractivity (Wildman–Crippen MR) is 77.7 cm³/mol. The zero-order valence-corrected chi connectivity index (χ0v) is 12.1. The number of nitrogens with one attached hydrogen (secondary N) is 1. The number of aromatic nitrogens is 4. The molecule has 106 valence electrons. The minimum absolute atomic E-state index is 0.0918. The van der Waals surface area contributed by atoms with Crippen molar-refractivity contribution in [1.82, 2.24) is 25.5 Å². The highest BCUT2D eigenvalue weighted by atomic mass is 15.6. The van der Waals surface area contributed by atoms with E-state index in [1.165, 1.54) is 24.8 Å². The van der Waals surface area contributed by atoms with Crippen molar-refractivity contribution in [2.45, 2.75) is 44.6 Å². The summed E-state index contributed by atoms with van der Waals surface area (Å²) in [4.78, 5) is 0. The first kappa shape index (κ1) is 13.2. The normalized spacial score (nSPS) is 18.1. The van der Waals surface area contributed by atoms with Crippen molar-refractivity contribution < 1.29 is 0 Å². The lowest BCUT2D eigenvalue weighted by Crippen LogP contribution is -2.44.